The van der Waals surface area contributed by atoms with Crippen molar-refractivity contribution in [2.75, 3.05) is 5.73 Å². The summed E-state index contributed by atoms with van der Waals surface area (Å²) in [6, 6.07) is 6.70. The summed E-state index contributed by atoms with van der Waals surface area (Å²) in [5.41, 5.74) is 8.39. The van der Waals surface area contributed by atoms with Crippen molar-refractivity contribution in [3.8, 4) is 0 Å². The van der Waals surface area contributed by atoms with E-state index in [2.05, 4.69) is 45.4 Å². The van der Waals surface area contributed by atoms with E-state index in [0.29, 0.717) is 23.8 Å². The average molecular weight is 336 g/mol. The zero-order valence-electron chi connectivity index (χ0n) is 12.1. The first-order chi connectivity index (χ1) is 9.58. The van der Waals surface area contributed by atoms with Crippen LogP contribution in [0.5, 0.6) is 0 Å². The Balaban J connectivity index is 2.12. The number of nitrogens with two attached hydrogens (primary N) is 1. The van der Waals surface area contributed by atoms with E-state index in [1.165, 1.54) is 25.7 Å². The molecule has 20 heavy (non-hydrogen) atoms. The number of nitrogens with zero attached hydrogens (tertiary/aromatic N) is 2. The first-order valence-corrected chi connectivity index (χ1v) is 8.30. The van der Waals surface area contributed by atoms with Crippen LogP contribution in [0.1, 0.15) is 45.6 Å². The van der Waals surface area contributed by atoms with Crippen molar-refractivity contribution in [2.24, 2.45) is 11.8 Å². The van der Waals surface area contributed by atoms with Gasteiger partial charge in [0.15, 0.2) is 0 Å². The summed E-state index contributed by atoms with van der Waals surface area (Å²) in [4.78, 5) is 4.54. The second-order valence-electron chi connectivity index (χ2n) is 6.23. The molecule has 3 nitrogen and oxygen atoms in total. The normalized spacial score (nSPS) is 23.6. The maximum atomic E-state index is 6.23. The van der Waals surface area contributed by atoms with Crippen molar-refractivity contribution >= 4 is 32.9 Å². The monoisotopic (exact) mass is 335 g/mol. The van der Waals surface area contributed by atoms with Gasteiger partial charge < -0.3 is 10.3 Å². The molecular weight excluding hydrogens is 314 g/mol. The Labute approximate surface area is 128 Å². The van der Waals surface area contributed by atoms with E-state index in [1.54, 1.807) is 0 Å². The number of imidazole rings is 1. The Morgan fingerprint density at radius 2 is 2.05 bits per heavy atom. The van der Waals surface area contributed by atoms with E-state index in [9.17, 15) is 0 Å². The van der Waals surface area contributed by atoms with E-state index in [0.717, 1.165) is 15.5 Å². The summed E-state index contributed by atoms with van der Waals surface area (Å²) in [6.07, 6.45) is 5.15. The third-order valence-electron chi connectivity index (χ3n) is 4.65. The van der Waals surface area contributed by atoms with E-state index in [-0.39, 0.29) is 0 Å². The first kappa shape index (κ1) is 13.9. The summed E-state index contributed by atoms with van der Waals surface area (Å²) in [6.45, 7) is 4.66. The second kappa shape index (κ2) is 5.40. The number of nitrogen functional groups attached to an aromatic ring is 1. The molecule has 108 valence electrons. The number of anilines is 1. The maximum absolute atomic E-state index is 6.23. The Kier molecular flexibility index (Phi) is 3.76. The fourth-order valence-electron chi connectivity index (χ4n) is 3.67. The van der Waals surface area contributed by atoms with Crippen LogP contribution in [0.3, 0.4) is 0 Å². The van der Waals surface area contributed by atoms with Gasteiger partial charge in [-0.3, -0.25) is 0 Å². The van der Waals surface area contributed by atoms with E-state index in [4.69, 9.17) is 5.73 Å². The van der Waals surface area contributed by atoms with Crippen molar-refractivity contribution in [1.82, 2.24) is 9.55 Å². The molecule has 0 amide bonds. The molecule has 0 spiro atoms. The highest BCUT2D eigenvalue weighted by atomic mass is 79.9. The number of fused-ring (bicyclic) bond motifs is 1. The molecule has 0 bridgehead atoms. The van der Waals surface area contributed by atoms with Gasteiger partial charge in [0.05, 0.1) is 11.0 Å². The van der Waals surface area contributed by atoms with Crippen LogP contribution >= 0.6 is 15.9 Å². The SMILES string of the molecule is CC(C)C1CCCCC1n1c(N)nc2ccc(Br)cc21. The van der Waals surface area contributed by atoms with Gasteiger partial charge in [-0.05, 0) is 42.9 Å². The third kappa shape index (κ3) is 2.34. The molecule has 1 aromatic heterocycles. The number of halogens is 1. The van der Waals surface area contributed by atoms with Gasteiger partial charge >= 0.3 is 0 Å². The third-order valence-corrected chi connectivity index (χ3v) is 5.14. The van der Waals surface area contributed by atoms with Crippen LogP contribution in [-0.4, -0.2) is 9.55 Å². The molecule has 0 aliphatic heterocycles. The molecule has 2 atom stereocenters. The highest BCUT2D eigenvalue weighted by molar-refractivity contribution is 9.10. The van der Waals surface area contributed by atoms with Gasteiger partial charge in [0.1, 0.15) is 0 Å². The highest BCUT2D eigenvalue weighted by Gasteiger charge is 2.31. The van der Waals surface area contributed by atoms with Crippen LogP contribution in [0.25, 0.3) is 11.0 Å². The minimum atomic E-state index is 0.489. The number of hydrogen-bond acceptors (Lipinski definition) is 2. The Morgan fingerprint density at radius 3 is 2.80 bits per heavy atom. The van der Waals surface area contributed by atoms with Gasteiger partial charge in [-0.1, -0.05) is 42.6 Å². The van der Waals surface area contributed by atoms with Crippen molar-refractivity contribution in [3.63, 3.8) is 0 Å². The number of hydrogen-bond donors (Lipinski definition) is 1. The Bertz CT molecular complexity index is 617. The zero-order valence-corrected chi connectivity index (χ0v) is 13.7. The van der Waals surface area contributed by atoms with Crippen molar-refractivity contribution in [1.29, 1.82) is 0 Å². The van der Waals surface area contributed by atoms with Crippen LogP contribution in [0, 0.1) is 11.8 Å². The Hall–Kier alpha value is -1.03. The molecule has 4 heteroatoms. The average Bonchev–Trinajstić information content (AvgIpc) is 2.74. The smallest absolute Gasteiger partial charge is 0.201 e. The highest BCUT2D eigenvalue weighted by Crippen LogP contribution is 2.41. The van der Waals surface area contributed by atoms with Gasteiger partial charge in [-0.15, -0.1) is 0 Å². The molecule has 2 N–H and O–H groups in total. The summed E-state index contributed by atoms with van der Waals surface area (Å²) < 4.78 is 3.37. The van der Waals surface area contributed by atoms with Crippen LogP contribution in [0.15, 0.2) is 22.7 Å². The fraction of sp³-hybridized carbons (Fsp3) is 0.562. The molecule has 1 aliphatic rings. The maximum Gasteiger partial charge on any atom is 0.201 e. The van der Waals surface area contributed by atoms with E-state index >= 15 is 0 Å². The van der Waals surface area contributed by atoms with Crippen molar-refractivity contribution in [3.05, 3.63) is 22.7 Å². The van der Waals surface area contributed by atoms with Crippen LogP contribution in [-0.2, 0) is 0 Å². The summed E-state index contributed by atoms with van der Waals surface area (Å²) in [7, 11) is 0. The molecule has 0 saturated heterocycles. The Morgan fingerprint density at radius 1 is 1.30 bits per heavy atom. The minimum absolute atomic E-state index is 0.489. The molecule has 1 saturated carbocycles. The standard InChI is InChI=1S/C16H22BrN3/c1-10(2)12-5-3-4-6-14(12)20-15-9-11(17)7-8-13(15)19-16(20)18/h7-10,12,14H,3-6H2,1-2H3,(H2,18,19). The zero-order chi connectivity index (χ0) is 14.3. The van der Waals surface area contributed by atoms with Crippen LogP contribution in [0.4, 0.5) is 5.95 Å². The van der Waals surface area contributed by atoms with Crippen molar-refractivity contribution in [2.45, 2.75) is 45.6 Å². The molecular formula is C16H22BrN3. The summed E-state index contributed by atoms with van der Waals surface area (Å²) in [5.74, 6) is 2.04. The second-order valence-corrected chi connectivity index (χ2v) is 7.15. The largest absolute Gasteiger partial charge is 0.369 e. The number of benzene rings is 1. The molecule has 0 radical (unpaired) electrons. The predicted octanol–water partition coefficient (Wildman–Crippen LogP) is 4.77. The van der Waals surface area contributed by atoms with Gasteiger partial charge in [0.2, 0.25) is 5.95 Å². The van der Waals surface area contributed by atoms with E-state index < -0.39 is 0 Å². The van der Waals surface area contributed by atoms with Crippen LogP contribution < -0.4 is 5.73 Å². The van der Waals surface area contributed by atoms with Crippen molar-refractivity contribution < 1.29 is 0 Å². The molecule has 2 unspecified atom stereocenters. The lowest BCUT2D eigenvalue weighted by atomic mass is 9.77. The number of rotatable bonds is 2. The lowest BCUT2D eigenvalue weighted by Crippen LogP contribution is -2.27. The quantitative estimate of drug-likeness (QED) is 0.859. The summed E-state index contributed by atoms with van der Waals surface area (Å²) >= 11 is 3.56. The molecule has 3 rings (SSSR count). The van der Waals surface area contributed by atoms with Gasteiger partial charge in [0, 0.05) is 10.5 Å². The minimum Gasteiger partial charge on any atom is -0.369 e. The lowest BCUT2D eigenvalue weighted by molar-refractivity contribution is 0.189. The first-order valence-electron chi connectivity index (χ1n) is 7.51. The van der Waals surface area contributed by atoms with Gasteiger partial charge in [-0.2, -0.15) is 0 Å². The topological polar surface area (TPSA) is 43.8 Å². The van der Waals surface area contributed by atoms with Gasteiger partial charge in [0.25, 0.3) is 0 Å². The fourth-order valence-corrected chi connectivity index (χ4v) is 4.02. The molecule has 2 aromatic rings. The van der Waals surface area contributed by atoms with Crippen LogP contribution in [0.2, 0.25) is 0 Å². The lowest BCUT2D eigenvalue weighted by Gasteiger charge is -2.36. The van der Waals surface area contributed by atoms with E-state index in [1.807, 2.05) is 12.1 Å². The molecule has 1 fully saturated rings. The predicted molar refractivity (Wildman–Crippen MR) is 87.7 cm³/mol. The molecule has 1 heterocycles. The van der Waals surface area contributed by atoms with Gasteiger partial charge in [-0.25, -0.2) is 4.98 Å². The number of aromatic nitrogens is 2. The molecule has 1 aromatic carbocycles. The molecule has 1 aliphatic carbocycles. The summed E-state index contributed by atoms with van der Waals surface area (Å²) in [5, 5.41) is 0.